The molecule has 0 saturated heterocycles. The fourth-order valence-corrected chi connectivity index (χ4v) is 2.05. The molecule has 0 aliphatic rings. The monoisotopic (exact) mass is 338 g/mol. The molecule has 1 aromatic carbocycles. The van der Waals surface area contributed by atoms with E-state index in [-0.39, 0.29) is 0 Å². The lowest BCUT2D eigenvalue weighted by molar-refractivity contribution is -0.139. The number of ether oxygens (including phenoxy) is 1. The van der Waals surface area contributed by atoms with Gasteiger partial charge >= 0.3 is 5.97 Å². The van der Waals surface area contributed by atoms with Crippen molar-refractivity contribution in [3.05, 3.63) is 29.1 Å². The third-order valence-electron chi connectivity index (χ3n) is 3.52. The van der Waals surface area contributed by atoms with Crippen molar-refractivity contribution in [1.29, 1.82) is 0 Å². The van der Waals surface area contributed by atoms with E-state index in [1.54, 1.807) is 0 Å². The third kappa shape index (κ3) is 4.91. The molecule has 1 atom stereocenters. The first-order chi connectivity index (χ1) is 10.8. The first-order valence-corrected chi connectivity index (χ1v) is 7.54. The number of hydrogen-bond donors (Lipinski definition) is 0. The average molecular weight is 338 g/mol. The summed E-state index contributed by atoms with van der Waals surface area (Å²) in [5.41, 5.74) is 0. The van der Waals surface area contributed by atoms with E-state index in [1.807, 2.05) is 0 Å². The number of rotatable bonds is 8. The van der Waals surface area contributed by atoms with Gasteiger partial charge in [0.25, 0.3) is 0 Å². The van der Waals surface area contributed by atoms with Gasteiger partial charge in [-0.25, -0.2) is 13.2 Å². The molecular weight excluding hydrogens is 319 g/mol. The Morgan fingerprint density at radius 1 is 0.870 bits per heavy atom. The number of carbonyl (C=O) groups excluding carboxylic acids is 1. The molecular formula is C16H19F5O2. The average Bonchev–Trinajstić information content (AvgIpc) is 2.54. The highest BCUT2D eigenvalue weighted by Crippen LogP contribution is 2.30. The number of carbonyl (C=O) groups is 1. The fourth-order valence-electron chi connectivity index (χ4n) is 2.05. The van der Waals surface area contributed by atoms with Gasteiger partial charge in [-0.1, -0.05) is 46.0 Å². The highest BCUT2D eigenvalue weighted by atomic mass is 19.2. The van der Waals surface area contributed by atoms with Gasteiger partial charge in [-0.15, -0.1) is 0 Å². The van der Waals surface area contributed by atoms with E-state index in [1.165, 1.54) is 6.92 Å². The van der Waals surface area contributed by atoms with Gasteiger partial charge in [-0.2, -0.15) is 8.78 Å². The highest BCUT2D eigenvalue weighted by molar-refractivity contribution is 5.74. The smallest absolute Gasteiger partial charge is 0.314 e. The third-order valence-corrected chi connectivity index (χ3v) is 3.52. The Kier molecular flexibility index (Phi) is 7.45. The zero-order chi connectivity index (χ0) is 17.6. The molecule has 2 nitrogen and oxygen atoms in total. The maximum absolute atomic E-state index is 13.4. The molecule has 0 spiro atoms. The Morgan fingerprint density at radius 2 is 1.35 bits per heavy atom. The van der Waals surface area contributed by atoms with Gasteiger partial charge in [0.05, 0.1) is 5.92 Å². The predicted molar refractivity (Wildman–Crippen MR) is 74.4 cm³/mol. The van der Waals surface area contributed by atoms with Crippen molar-refractivity contribution in [2.24, 2.45) is 5.92 Å². The summed E-state index contributed by atoms with van der Waals surface area (Å²) in [5, 5.41) is 0. The van der Waals surface area contributed by atoms with Crippen molar-refractivity contribution in [2.45, 2.75) is 52.4 Å². The van der Waals surface area contributed by atoms with Crippen molar-refractivity contribution in [2.75, 3.05) is 0 Å². The van der Waals surface area contributed by atoms with E-state index in [9.17, 15) is 26.7 Å². The van der Waals surface area contributed by atoms with Gasteiger partial charge in [-0.05, 0) is 6.42 Å². The van der Waals surface area contributed by atoms with Crippen LogP contribution in [-0.4, -0.2) is 5.97 Å². The Hall–Kier alpha value is -1.66. The van der Waals surface area contributed by atoms with E-state index in [4.69, 9.17) is 0 Å². The summed E-state index contributed by atoms with van der Waals surface area (Å²) < 4.78 is 70.2. The molecule has 1 unspecified atom stereocenters. The molecule has 0 amide bonds. The standard InChI is InChI=1S/C16H19F5O2/c1-3-4-5-6-7-8-9(2)16(22)23-15-13(20)11(18)10(17)12(19)14(15)21/h9H,3-8H2,1-2H3. The van der Waals surface area contributed by atoms with Crippen LogP contribution in [0.15, 0.2) is 0 Å². The first-order valence-electron chi connectivity index (χ1n) is 7.54. The van der Waals surface area contributed by atoms with Crippen molar-refractivity contribution in [3.63, 3.8) is 0 Å². The summed E-state index contributed by atoms with van der Waals surface area (Å²) in [4.78, 5) is 11.8. The van der Waals surface area contributed by atoms with Crippen LogP contribution in [0.5, 0.6) is 5.75 Å². The molecule has 0 aliphatic carbocycles. The maximum atomic E-state index is 13.4. The van der Waals surface area contributed by atoms with Crippen molar-refractivity contribution < 1.29 is 31.5 Å². The minimum absolute atomic E-state index is 0.415. The number of hydrogen-bond acceptors (Lipinski definition) is 2. The van der Waals surface area contributed by atoms with Crippen LogP contribution >= 0.6 is 0 Å². The number of unbranched alkanes of at least 4 members (excludes halogenated alkanes) is 4. The molecule has 130 valence electrons. The van der Waals surface area contributed by atoms with E-state index < -0.39 is 46.7 Å². The second-order valence-corrected chi connectivity index (χ2v) is 5.42. The normalized spacial score (nSPS) is 12.3. The van der Waals surface area contributed by atoms with E-state index >= 15 is 0 Å². The predicted octanol–water partition coefficient (Wildman–Crippen LogP) is 5.28. The lowest BCUT2D eigenvalue weighted by Gasteiger charge is -2.13. The van der Waals surface area contributed by atoms with Crippen LogP contribution < -0.4 is 4.74 Å². The molecule has 0 aromatic heterocycles. The van der Waals surface area contributed by atoms with Crippen LogP contribution in [0, 0.1) is 35.0 Å². The molecule has 0 fully saturated rings. The van der Waals surface area contributed by atoms with Crippen LogP contribution in [0.3, 0.4) is 0 Å². The van der Waals surface area contributed by atoms with E-state index in [2.05, 4.69) is 11.7 Å². The molecule has 0 N–H and O–H groups in total. The Labute approximate surface area is 131 Å². The topological polar surface area (TPSA) is 26.3 Å². The first kappa shape index (κ1) is 19.4. The van der Waals surface area contributed by atoms with Gasteiger partial charge < -0.3 is 4.74 Å². The van der Waals surface area contributed by atoms with Crippen LogP contribution in [0.2, 0.25) is 0 Å². The van der Waals surface area contributed by atoms with Crippen molar-refractivity contribution in [3.8, 4) is 5.75 Å². The highest BCUT2D eigenvalue weighted by Gasteiger charge is 2.29. The molecule has 0 bridgehead atoms. The van der Waals surface area contributed by atoms with Crippen molar-refractivity contribution >= 4 is 5.97 Å². The van der Waals surface area contributed by atoms with Crippen LogP contribution in [-0.2, 0) is 4.79 Å². The molecule has 0 radical (unpaired) electrons. The largest absolute Gasteiger partial charge is 0.420 e. The second kappa shape index (κ2) is 8.84. The minimum Gasteiger partial charge on any atom is -0.420 e. The summed E-state index contributed by atoms with van der Waals surface area (Å²) in [6.07, 6.45) is 5.18. The Bertz CT molecular complexity index is 531. The summed E-state index contributed by atoms with van der Waals surface area (Å²) in [7, 11) is 0. The maximum Gasteiger partial charge on any atom is 0.314 e. The number of halogens is 5. The van der Waals surface area contributed by atoms with Gasteiger partial charge in [0, 0.05) is 0 Å². The van der Waals surface area contributed by atoms with E-state index in [0.717, 1.165) is 25.7 Å². The van der Waals surface area contributed by atoms with Gasteiger partial charge in [0.1, 0.15) is 0 Å². The fraction of sp³-hybridized carbons (Fsp3) is 0.562. The Balaban J connectivity index is 2.71. The van der Waals surface area contributed by atoms with Crippen LogP contribution in [0.1, 0.15) is 52.4 Å². The summed E-state index contributed by atoms with van der Waals surface area (Å²) in [6, 6.07) is 0. The van der Waals surface area contributed by atoms with Gasteiger partial charge in [0.2, 0.25) is 34.8 Å². The zero-order valence-electron chi connectivity index (χ0n) is 13.0. The lowest BCUT2D eigenvalue weighted by Crippen LogP contribution is -2.20. The molecule has 1 rings (SSSR count). The number of benzene rings is 1. The summed E-state index contributed by atoms with van der Waals surface area (Å²) >= 11 is 0. The quantitative estimate of drug-likeness (QED) is 0.161. The van der Waals surface area contributed by atoms with Crippen LogP contribution in [0.25, 0.3) is 0 Å². The Morgan fingerprint density at radius 3 is 1.87 bits per heavy atom. The lowest BCUT2D eigenvalue weighted by atomic mass is 10.0. The van der Waals surface area contributed by atoms with Gasteiger partial charge in [0.15, 0.2) is 0 Å². The molecule has 0 heterocycles. The molecule has 7 heteroatoms. The summed E-state index contributed by atoms with van der Waals surface area (Å²) in [5.74, 6) is -14.1. The molecule has 1 aromatic rings. The summed E-state index contributed by atoms with van der Waals surface area (Å²) in [6.45, 7) is 3.54. The number of esters is 1. The van der Waals surface area contributed by atoms with E-state index in [0.29, 0.717) is 12.8 Å². The van der Waals surface area contributed by atoms with Gasteiger partial charge in [-0.3, -0.25) is 4.79 Å². The molecule has 0 saturated carbocycles. The molecule has 23 heavy (non-hydrogen) atoms. The van der Waals surface area contributed by atoms with Crippen molar-refractivity contribution in [1.82, 2.24) is 0 Å². The van der Waals surface area contributed by atoms with Crippen LogP contribution in [0.4, 0.5) is 22.0 Å². The molecule has 0 aliphatic heterocycles. The SMILES string of the molecule is CCCCCCCC(C)C(=O)Oc1c(F)c(F)c(F)c(F)c1F. The zero-order valence-corrected chi connectivity index (χ0v) is 13.0. The second-order valence-electron chi connectivity index (χ2n) is 5.42. The minimum atomic E-state index is -2.29.